The molecule has 14 heteroatoms. The Kier molecular flexibility index (Phi) is 4.76. The maximum Gasteiger partial charge on any atom is 0.283 e. The number of benzene rings is 1. The fourth-order valence-electron chi connectivity index (χ4n) is 4.24. The van der Waals surface area contributed by atoms with Crippen molar-refractivity contribution >= 4 is 51.9 Å². The SMILES string of the molecule is O=C1c2nc(Br)n(C3OC4COP([O-])(=S)OC4C3O)c2NC2NC(c3ccccc3)=CN12. The number of hydrogen-bond donors (Lipinski definition) is 3. The van der Waals surface area contributed by atoms with Crippen LogP contribution in [-0.4, -0.2) is 56.7 Å². The average molecular weight is 541 g/mol. The van der Waals surface area contributed by atoms with Crippen molar-refractivity contribution in [3.05, 3.63) is 52.5 Å². The number of nitrogens with zero attached hydrogens (tertiary/aromatic N) is 3. The number of carbonyl (C=O) groups is 1. The van der Waals surface area contributed by atoms with Gasteiger partial charge < -0.3 is 34.4 Å². The minimum Gasteiger partial charge on any atom is -0.780 e. The molecular weight excluding hydrogens is 525 g/mol. The van der Waals surface area contributed by atoms with E-state index in [2.05, 4.69) is 31.5 Å². The van der Waals surface area contributed by atoms with Gasteiger partial charge in [-0.2, -0.15) is 0 Å². The number of aromatic nitrogens is 2. The maximum absolute atomic E-state index is 13.2. The first-order chi connectivity index (χ1) is 15.3. The van der Waals surface area contributed by atoms with Crippen LogP contribution in [0.2, 0.25) is 0 Å². The van der Waals surface area contributed by atoms with Crippen LogP contribution in [0, 0.1) is 0 Å². The number of fused-ring (bicyclic) bond motifs is 3. The van der Waals surface area contributed by atoms with Crippen molar-refractivity contribution in [1.29, 1.82) is 0 Å². The number of imidazole rings is 1. The molecular formula is C18H16BrN5O6PS-. The average Bonchev–Trinajstić information content (AvgIpc) is 3.43. The van der Waals surface area contributed by atoms with E-state index in [-0.39, 0.29) is 22.9 Å². The summed E-state index contributed by atoms with van der Waals surface area (Å²) in [6.45, 7) is -3.75. The van der Waals surface area contributed by atoms with Gasteiger partial charge in [-0.25, -0.2) is 4.98 Å². The predicted molar refractivity (Wildman–Crippen MR) is 116 cm³/mol. The summed E-state index contributed by atoms with van der Waals surface area (Å²) in [6, 6.07) is 9.62. The zero-order valence-corrected chi connectivity index (χ0v) is 19.4. The van der Waals surface area contributed by atoms with E-state index in [0.717, 1.165) is 11.3 Å². The molecule has 0 bridgehead atoms. The number of aliphatic hydroxyl groups excluding tert-OH is 1. The van der Waals surface area contributed by atoms with Gasteiger partial charge in [-0.3, -0.25) is 14.3 Å². The van der Waals surface area contributed by atoms with Crippen LogP contribution in [0.15, 0.2) is 41.3 Å². The molecule has 4 aliphatic heterocycles. The monoisotopic (exact) mass is 540 g/mol. The maximum atomic E-state index is 13.2. The molecule has 2 aromatic rings. The molecule has 2 saturated heterocycles. The van der Waals surface area contributed by atoms with Crippen molar-refractivity contribution in [2.45, 2.75) is 30.8 Å². The second-order valence-corrected chi connectivity index (χ2v) is 11.0. The lowest BCUT2D eigenvalue weighted by Gasteiger charge is -2.38. The van der Waals surface area contributed by atoms with Crippen LogP contribution in [0.5, 0.6) is 0 Å². The van der Waals surface area contributed by atoms with Crippen molar-refractivity contribution in [2.24, 2.45) is 0 Å². The van der Waals surface area contributed by atoms with Crippen LogP contribution in [0.4, 0.5) is 5.82 Å². The molecule has 3 N–H and O–H groups in total. The Hall–Kier alpha value is -1.83. The lowest BCUT2D eigenvalue weighted by Crippen LogP contribution is -2.49. The second-order valence-electron chi connectivity index (χ2n) is 7.63. The Morgan fingerprint density at radius 2 is 2.09 bits per heavy atom. The highest BCUT2D eigenvalue weighted by Gasteiger charge is 2.51. The number of amides is 1. The molecule has 0 aliphatic carbocycles. The van der Waals surface area contributed by atoms with E-state index in [1.807, 2.05) is 30.3 Å². The topological polar surface area (TPSA) is 133 Å². The van der Waals surface area contributed by atoms with Crippen LogP contribution in [0.3, 0.4) is 0 Å². The van der Waals surface area contributed by atoms with Gasteiger partial charge in [-0.05, 0) is 21.5 Å². The first kappa shape index (κ1) is 20.8. The largest absolute Gasteiger partial charge is 0.780 e. The summed E-state index contributed by atoms with van der Waals surface area (Å²) in [6.07, 6.45) is -2.60. The normalized spacial score (nSPS) is 35.5. The Bertz CT molecular complexity index is 1190. The number of aliphatic hydroxyl groups is 1. The van der Waals surface area contributed by atoms with E-state index in [9.17, 15) is 14.8 Å². The molecule has 6 rings (SSSR count). The Labute approximate surface area is 195 Å². The Balaban J connectivity index is 1.32. The third-order valence-corrected chi connectivity index (χ3v) is 7.81. The van der Waals surface area contributed by atoms with E-state index < -0.39 is 37.5 Å². The number of anilines is 1. The van der Waals surface area contributed by atoms with E-state index >= 15 is 0 Å². The van der Waals surface area contributed by atoms with Crippen LogP contribution in [0.1, 0.15) is 22.3 Å². The Morgan fingerprint density at radius 1 is 1.31 bits per heavy atom. The summed E-state index contributed by atoms with van der Waals surface area (Å²) < 4.78 is 18.1. The van der Waals surface area contributed by atoms with Gasteiger partial charge in [0.1, 0.15) is 30.8 Å². The standard InChI is InChI=1S/C18H17BrN5O6PS/c19-17-21-11-14(24(17)16-12(25)13-10(29-16)7-28-31(27,32)30-13)22-18-20-9(6-23(18)15(11)26)8-4-2-1-3-5-8/h1-6,10,12-13,16,18,20,22,25H,7H2,(H,27,32)/p-1. The first-order valence-electron chi connectivity index (χ1n) is 9.70. The molecule has 6 unspecified atom stereocenters. The molecule has 5 heterocycles. The number of nitrogens with one attached hydrogen (secondary N) is 2. The van der Waals surface area contributed by atoms with Gasteiger partial charge in [0.15, 0.2) is 22.9 Å². The summed E-state index contributed by atoms with van der Waals surface area (Å²) in [4.78, 5) is 31.1. The molecule has 1 aromatic carbocycles. The highest BCUT2D eigenvalue weighted by molar-refractivity contribution is 9.10. The number of carbonyl (C=O) groups excluding carboxylic acids is 1. The third kappa shape index (κ3) is 3.16. The minimum absolute atomic E-state index is 0.0673. The van der Waals surface area contributed by atoms with Crippen molar-refractivity contribution < 1.29 is 28.6 Å². The molecule has 0 spiro atoms. The van der Waals surface area contributed by atoms with Gasteiger partial charge in [0.05, 0.1) is 12.3 Å². The summed E-state index contributed by atoms with van der Waals surface area (Å²) in [5.74, 6) is 0.0460. The minimum atomic E-state index is -3.68. The summed E-state index contributed by atoms with van der Waals surface area (Å²) in [5, 5.41) is 17.4. The van der Waals surface area contributed by atoms with Gasteiger partial charge in [0.25, 0.3) is 5.91 Å². The fourth-order valence-corrected chi connectivity index (χ4v) is 6.23. The molecule has 2 fully saturated rings. The Morgan fingerprint density at radius 3 is 2.88 bits per heavy atom. The van der Waals surface area contributed by atoms with Crippen molar-refractivity contribution in [3.63, 3.8) is 0 Å². The van der Waals surface area contributed by atoms with Gasteiger partial charge >= 0.3 is 0 Å². The molecule has 1 amide bonds. The predicted octanol–water partition coefficient (Wildman–Crippen LogP) is 0.657. The van der Waals surface area contributed by atoms with Crippen molar-refractivity contribution in [3.8, 4) is 0 Å². The zero-order valence-electron chi connectivity index (χ0n) is 16.1. The molecule has 6 atom stereocenters. The van der Waals surface area contributed by atoms with Crippen LogP contribution in [-0.2, 0) is 25.6 Å². The van der Waals surface area contributed by atoms with E-state index in [1.165, 1.54) is 9.47 Å². The van der Waals surface area contributed by atoms with E-state index in [1.54, 1.807) is 6.20 Å². The highest BCUT2D eigenvalue weighted by atomic mass is 79.9. The second kappa shape index (κ2) is 7.34. The number of hydrogen-bond acceptors (Lipinski definition) is 10. The number of ether oxygens (including phenoxy) is 1. The number of rotatable bonds is 2. The van der Waals surface area contributed by atoms with Crippen molar-refractivity contribution in [2.75, 3.05) is 11.9 Å². The molecule has 168 valence electrons. The zero-order chi connectivity index (χ0) is 22.2. The van der Waals surface area contributed by atoms with E-state index in [4.69, 9.17) is 25.6 Å². The van der Waals surface area contributed by atoms with Gasteiger partial charge in [-0.1, -0.05) is 42.1 Å². The molecule has 11 nitrogen and oxygen atoms in total. The summed E-state index contributed by atoms with van der Waals surface area (Å²) in [5.41, 5.74) is 1.88. The summed E-state index contributed by atoms with van der Waals surface area (Å²) in [7, 11) is 0. The van der Waals surface area contributed by atoms with Crippen LogP contribution >= 0.6 is 22.6 Å². The fraction of sp³-hybridized carbons (Fsp3) is 0.333. The number of halogens is 1. The van der Waals surface area contributed by atoms with Gasteiger partial charge in [0, 0.05) is 6.20 Å². The quantitative estimate of drug-likeness (QED) is 0.466. The van der Waals surface area contributed by atoms with Gasteiger partial charge in [0.2, 0.25) is 0 Å². The third-order valence-electron chi connectivity index (χ3n) is 5.71. The molecule has 0 saturated carbocycles. The van der Waals surface area contributed by atoms with Gasteiger partial charge in [-0.15, -0.1) is 0 Å². The molecule has 32 heavy (non-hydrogen) atoms. The molecule has 0 radical (unpaired) electrons. The smallest absolute Gasteiger partial charge is 0.283 e. The lowest BCUT2D eigenvalue weighted by molar-refractivity contribution is -0.227. The molecule has 1 aromatic heterocycles. The summed E-state index contributed by atoms with van der Waals surface area (Å²) >= 11 is 8.15. The molecule has 4 aliphatic rings. The van der Waals surface area contributed by atoms with E-state index in [0.29, 0.717) is 5.82 Å². The highest BCUT2D eigenvalue weighted by Crippen LogP contribution is 2.50. The lowest BCUT2D eigenvalue weighted by atomic mass is 10.1. The van der Waals surface area contributed by atoms with Crippen molar-refractivity contribution in [1.82, 2.24) is 19.8 Å². The van der Waals surface area contributed by atoms with Crippen LogP contribution in [0.25, 0.3) is 5.70 Å². The van der Waals surface area contributed by atoms with Crippen LogP contribution < -0.4 is 15.5 Å². The first-order valence-corrected chi connectivity index (χ1v) is 13.1.